The minimum atomic E-state index is -2.75. The van der Waals surface area contributed by atoms with Crippen molar-refractivity contribution in [3.63, 3.8) is 0 Å². The molecule has 0 aliphatic heterocycles. The average Bonchev–Trinajstić information content (AvgIpc) is 3.21. The number of ether oxygens (including phenoxy) is 2. The molecule has 3 rings (SSSR count). The molecule has 0 N–H and O–H groups in total. The maximum atomic E-state index is 13.1. The van der Waals surface area contributed by atoms with Crippen molar-refractivity contribution >= 4 is 22.9 Å². The molecule has 0 unspecified atom stereocenters. The van der Waals surface area contributed by atoms with Crippen molar-refractivity contribution in [2.45, 2.75) is 33.3 Å². The number of carbonyl (C=O) groups is 2. The summed E-state index contributed by atoms with van der Waals surface area (Å²) in [6.45, 7) is 6.94. The lowest BCUT2D eigenvalue weighted by Crippen LogP contribution is -2.26. The van der Waals surface area contributed by atoms with Crippen LogP contribution in [0.3, 0.4) is 0 Å². The number of carbonyl (C=O) groups excluding carboxylic acids is 2. The van der Waals surface area contributed by atoms with Gasteiger partial charge in [0.05, 0.1) is 22.2 Å². The van der Waals surface area contributed by atoms with Gasteiger partial charge in [0.1, 0.15) is 17.7 Å². The van der Waals surface area contributed by atoms with Gasteiger partial charge in [0, 0.05) is 24.0 Å². The van der Waals surface area contributed by atoms with Gasteiger partial charge in [0.25, 0.3) is 5.91 Å². The molecule has 7 heteroatoms. The highest BCUT2D eigenvalue weighted by Gasteiger charge is 2.25. The molecule has 0 saturated carbocycles. The SMILES string of the molecule is [2H]C([2H])([2H])Oc1cc(C)c2c(ccn2C(=O)OC(C)(C)C)c1C(=O)n1ccnc1. The fourth-order valence-corrected chi connectivity index (χ4v) is 2.78. The van der Waals surface area contributed by atoms with Gasteiger partial charge in [-0.25, -0.2) is 9.78 Å². The zero-order valence-corrected chi connectivity index (χ0v) is 14.9. The van der Waals surface area contributed by atoms with Crippen molar-refractivity contribution in [1.82, 2.24) is 14.1 Å². The summed E-state index contributed by atoms with van der Waals surface area (Å²) >= 11 is 0. The second kappa shape index (κ2) is 6.33. The fraction of sp³-hybridized carbons (Fsp3) is 0.316. The van der Waals surface area contributed by atoms with E-state index in [4.69, 9.17) is 13.6 Å². The average molecular weight is 358 g/mol. The molecule has 0 bridgehead atoms. The van der Waals surface area contributed by atoms with Crippen molar-refractivity contribution < 1.29 is 23.2 Å². The van der Waals surface area contributed by atoms with Crippen LogP contribution in [0.1, 0.15) is 40.8 Å². The van der Waals surface area contributed by atoms with Crippen LogP contribution >= 0.6 is 0 Å². The van der Waals surface area contributed by atoms with E-state index in [-0.39, 0.29) is 11.3 Å². The summed E-state index contributed by atoms with van der Waals surface area (Å²) < 4.78 is 35.3. The monoisotopic (exact) mass is 358 g/mol. The molecule has 2 aromatic heterocycles. The Kier molecular flexibility index (Phi) is 3.44. The van der Waals surface area contributed by atoms with Crippen molar-refractivity contribution in [2.24, 2.45) is 0 Å². The smallest absolute Gasteiger partial charge is 0.419 e. The lowest BCUT2D eigenvalue weighted by Gasteiger charge is -2.20. The first-order chi connectivity index (χ1) is 13.4. The molecule has 136 valence electrons. The highest BCUT2D eigenvalue weighted by atomic mass is 16.6. The van der Waals surface area contributed by atoms with Crippen molar-refractivity contribution in [1.29, 1.82) is 0 Å². The van der Waals surface area contributed by atoms with Gasteiger partial charge in [-0.3, -0.25) is 13.9 Å². The van der Waals surface area contributed by atoms with E-state index in [0.717, 1.165) is 0 Å². The van der Waals surface area contributed by atoms with Gasteiger partial charge in [0.15, 0.2) is 0 Å². The van der Waals surface area contributed by atoms with Crippen LogP contribution in [-0.2, 0) is 4.74 Å². The summed E-state index contributed by atoms with van der Waals surface area (Å²) in [5.41, 5.74) is 0.293. The second-order valence-electron chi connectivity index (χ2n) is 6.87. The molecule has 26 heavy (non-hydrogen) atoms. The molecule has 0 fully saturated rings. The molecular weight excluding hydrogens is 334 g/mol. The van der Waals surface area contributed by atoms with Crippen LogP contribution in [0.4, 0.5) is 4.79 Å². The van der Waals surface area contributed by atoms with E-state index in [1.807, 2.05) is 0 Å². The van der Waals surface area contributed by atoms with Gasteiger partial charge in [-0.05, 0) is 45.4 Å². The topological polar surface area (TPSA) is 75.3 Å². The van der Waals surface area contributed by atoms with Gasteiger partial charge in [-0.1, -0.05) is 0 Å². The van der Waals surface area contributed by atoms with E-state index in [9.17, 15) is 9.59 Å². The second-order valence-corrected chi connectivity index (χ2v) is 6.87. The number of methoxy groups -OCH3 is 1. The van der Waals surface area contributed by atoms with Crippen LogP contribution in [0.15, 0.2) is 37.1 Å². The first-order valence-corrected chi connectivity index (χ1v) is 7.97. The van der Waals surface area contributed by atoms with Crippen LogP contribution < -0.4 is 4.74 Å². The Morgan fingerprint density at radius 3 is 2.65 bits per heavy atom. The number of hydrogen-bond donors (Lipinski definition) is 0. The summed E-state index contributed by atoms with van der Waals surface area (Å²) in [4.78, 5) is 29.6. The first-order valence-electron chi connectivity index (χ1n) is 9.47. The van der Waals surface area contributed by atoms with Gasteiger partial charge in [-0.2, -0.15) is 0 Å². The minimum Gasteiger partial charge on any atom is -0.496 e. The Bertz CT molecular complexity index is 1080. The molecule has 0 radical (unpaired) electrons. The van der Waals surface area contributed by atoms with Crippen molar-refractivity contribution in [2.75, 3.05) is 7.04 Å². The predicted octanol–water partition coefficient (Wildman–Crippen LogP) is 3.63. The zero-order valence-electron chi connectivity index (χ0n) is 17.9. The predicted molar refractivity (Wildman–Crippen MR) is 96.8 cm³/mol. The first kappa shape index (κ1) is 14.1. The molecule has 0 aliphatic carbocycles. The highest BCUT2D eigenvalue weighted by Crippen LogP contribution is 2.33. The standard InChI is InChI=1S/C19H21N3O4/c1-12-10-14(25-5)15(17(23)21-9-7-20-11-21)13-6-8-22(16(12)13)18(24)26-19(2,3)4/h6-11H,1-5H3/i5D3. The Labute approximate surface area is 155 Å². The van der Waals surface area contributed by atoms with E-state index >= 15 is 0 Å². The van der Waals surface area contributed by atoms with E-state index in [0.29, 0.717) is 16.5 Å². The Balaban J connectivity index is 2.24. The molecule has 0 spiro atoms. The summed E-state index contributed by atoms with van der Waals surface area (Å²) in [5, 5.41) is 0.369. The number of rotatable bonds is 2. The number of imidazole rings is 1. The lowest BCUT2D eigenvalue weighted by molar-refractivity contribution is 0.0544. The summed E-state index contributed by atoms with van der Waals surface area (Å²) in [6.07, 6.45) is 5.05. The number of aryl methyl sites for hydroxylation is 1. The van der Waals surface area contributed by atoms with Gasteiger partial charge in [-0.15, -0.1) is 0 Å². The van der Waals surface area contributed by atoms with Gasteiger partial charge in [0.2, 0.25) is 0 Å². The zero-order chi connectivity index (χ0) is 21.6. The molecule has 0 atom stereocenters. The Morgan fingerprint density at radius 2 is 2.04 bits per heavy atom. The molecule has 7 nitrogen and oxygen atoms in total. The maximum Gasteiger partial charge on any atom is 0.419 e. The molecule has 0 saturated heterocycles. The summed E-state index contributed by atoms with van der Waals surface area (Å²) in [5.74, 6) is -0.635. The number of benzene rings is 1. The minimum absolute atomic E-state index is 0.0158. The molecule has 3 aromatic rings. The van der Waals surface area contributed by atoms with E-state index in [1.54, 1.807) is 33.8 Å². The number of fused-ring (bicyclic) bond motifs is 1. The van der Waals surface area contributed by atoms with Crippen LogP contribution in [0, 0.1) is 6.92 Å². The normalized spacial score (nSPS) is 13.8. The summed E-state index contributed by atoms with van der Waals surface area (Å²) in [7, 11) is -2.75. The quantitative estimate of drug-likeness (QED) is 0.699. The molecule has 2 heterocycles. The van der Waals surface area contributed by atoms with E-state index in [2.05, 4.69) is 4.98 Å². The maximum absolute atomic E-state index is 13.1. The number of hydrogen-bond acceptors (Lipinski definition) is 5. The summed E-state index contributed by atoms with van der Waals surface area (Å²) in [6, 6.07) is 2.99. The Morgan fingerprint density at radius 1 is 1.27 bits per heavy atom. The highest BCUT2D eigenvalue weighted by molar-refractivity contribution is 6.11. The molecule has 1 aromatic carbocycles. The molecule has 0 amide bonds. The van der Waals surface area contributed by atoms with Crippen LogP contribution in [0.2, 0.25) is 0 Å². The molecule has 0 aliphatic rings. The number of nitrogens with zero attached hydrogens (tertiary/aromatic N) is 3. The van der Waals surface area contributed by atoms with Crippen LogP contribution in [0.5, 0.6) is 5.75 Å². The third-order valence-corrected chi connectivity index (χ3v) is 3.78. The van der Waals surface area contributed by atoms with Gasteiger partial charge < -0.3 is 9.47 Å². The van der Waals surface area contributed by atoms with Crippen molar-refractivity contribution in [3.8, 4) is 5.75 Å². The fourth-order valence-electron chi connectivity index (χ4n) is 2.78. The largest absolute Gasteiger partial charge is 0.496 e. The number of aromatic nitrogens is 3. The third-order valence-electron chi connectivity index (χ3n) is 3.78. The van der Waals surface area contributed by atoms with Crippen LogP contribution in [-0.4, -0.2) is 38.8 Å². The lowest BCUT2D eigenvalue weighted by atomic mass is 10.0. The third kappa shape index (κ3) is 3.08. The van der Waals surface area contributed by atoms with Gasteiger partial charge >= 0.3 is 6.09 Å². The van der Waals surface area contributed by atoms with E-state index < -0.39 is 24.6 Å². The van der Waals surface area contributed by atoms with Crippen molar-refractivity contribution in [3.05, 3.63) is 48.2 Å². The van der Waals surface area contributed by atoms with Crippen LogP contribution in [0.25, 0.3) is 10.9 Å². The Hall–Kier alpha value is -3.09. The van der Waals surface area contributed by atoms with E-state index in [1.165, 1.54) is 40.1 Å². The molecular formula is C19H21N3O4.